The molecule has 39 heavy (non-hydrogen) atoms. The summed E-state index contributed by atoms with van der Waals surface area (Å²) in [5.74, 6) is 1.77. The Morgan fingerprint density at radius 1 is 0.872 bits per heavy atom. The van der Waals surface area contributed by atoms with Crippen LogP contribution >= 0.6 is 0 Å². The van der Waals surface area contributed by atoms with Crippen LogP contribution in [-0.4, -0.2) is 40.0 Å². The zero-order valence-corrected chi connectivity index (χ0v) is 23.3. The zero-order valence-electron chi connectivity index (χ0n) is 23.3. The minimum atomic E-state index is -0.131. The lowest BCUT2D eigenvalue weighted by Crippen LogP contribution is -2.24. The van der Waals surface area contributed by atoms with E-state index in [2.05, 4.69) is 72.8 Å². The van der Waals surface area contributed by atoms with Crippen LogP contribution in [0.5, 0.6) is 11.5 Å². The van der Waals surface area contributed by atoms with Gasteiger partial charge in [-0.2, -0.15) is 0 Å². The molecule has 5 nitrogen and oxygen atoms in total. The maximum atomic E-state index is 6.01. The fraction of sp³-hybridized carbons (Fsp3) is 0.412. The molecule has 3 aromatic rings. The average molecular weight is 531 g/mol. The monoisotopic (exact) mass is 530 g/mol. The first-order chi connectivity index (χ1) is 19.2. The Kier molecular flexibility index (Phi) is 11.9. The van der Waals surface area contributed by atoms with Gasteiger partial charge in [0.25, 0.3) is 0 Å². The number of benzene rings is 3. The molecule has 1 aliphatic heterocycles. The second-order valence-corrected chi connectivity index (χ2v) is 9.91. The molecule has 0 aromatic heterocycles. The van der Waals surface area contributed by atoms with Crippen molar-refractivity contribution in [1.29, 1.82) is 0 Å². The van der Waals surface area contributed by atoms with Gasteiger partial charge in [-0.15, -0.1) is 0 Å². The molecule has 5 heteroatoms. The Morgan fingerprint density at radius 2 is 1.62 bits per heavy atom. The van der Waals surface area contributed by atoms with Gasteiger partial charge in [0, 0.05) is 20.6 Å². The van der Waals surface area contributed by atoms with E-state index >= 15 is 0 Å². The highest BCUT2D eigenvalue weighted by Crippen LogP contribution is 2.26. The molecule has 0 radical (unpaired) electrons. The first kappa shape index (κ1) is 28.9. The van der Waals surface area contributed by atoms with Gasteiger partial charge in [-0.05, 0) is 91.5 Å². The van der Waals surface area contributed by atoms with Crippen molar-refractivity contribution >= 4 is 11.6 Å². The topological polar surface area (TPSA) is 46.2 Å². The Hall–Kier alpha value is -3.12. The maximum Gasteiger partial charge on any atom is 0.199 e. The molecule has 0 saturated carbocycles. The van der Waals surface area contributed by atoms with Crippen LogP contribution < -0.4 is 9.47 Å². The lowest BCUT2D eigenvalue weighted by molar-refractivity contribution is -0.107. The molecule has 1 heterocycles. The van der Waals surface area contributed by atoms with Gasteiger partial charge in [-0.1, -0.05) is 60.7 Å². The number of aryl methyl sites for hydroxylation is 1. The summed E-state index contributed by atoms with van der Waals surface area (Å²) in [6.07, 6.45) is 10.0. The lowest BCUT2D eigenvalue weighted by atomic mass is 9.96. The van der Waals surface area contributed by atoms with Gasteiger partial charge in [-0.25, -0.2) is 0 Å². The van der Waals surface area contributed by atoms with Gasteiger partial charge in [-0.3, -0.25) is 0 Å². The largest absolute Gasteiger partial charge is 0.494 e. The van der Waals surface area contributed by atoms with Gasteiger partial charge < -0.3 is 23.7 Å². The summed E-state index contributed by atoms with van der Waals surface area (Å²) >= 11 is 0. The number of ether oxygens (including phenoxy) is 5. The highest BCUT2D eigenvalue weighted by atomic mass is 16.7. The van der Waals surface area contributed by atoms with E-state index in [9.17, 15) is 0 Å². The summed E-state index contributed by atoms with van der Waals surface area (Å²) < 4.78 is 28.1. The summed E-state index contributed by atoms with van der Waals surface area (Å²) in [4.78, 5) is 0. The van der Waals surface area contributed by atoms with Crippen molar-refractivity contribution in [1.82, 2.24) is 0 Å². The molecule has 1 atom stereocenters. The first-order valence-electron chi connectivity index (χ1n) is 14.1. The van der Waals surface area contributed by atoms with Crippen molar-refractivity contribution in [3.63, 3.8) is 0 Å². The van der Waals surface area contributed by atoms with E-state index in [1.807, 2.05) is 12.1 Å². The third kappa shape index (κ3) is 9.85. The van der Waals surface area contributed by atoms with Gasteiger partial charge in [0.05, 0.1) is 13.2 Å². The van der Waals surface area contributed by atoms with Crippen LogP contribution in [0.2, 0.25) is 0 Å². The Morgan fingerprint density at radius 3 is 2.31 bits per heavy atom. The molecule has 1 saturated heterocycles. The number of hydrogen-bond acceptors (Lipinski definition) is 5. The van der Waals surface area contributed by atoms with E-state index in [0.717, 1.165) is 75.0 Å². The van der Waals surface area contributed by atoms with E-state index in [4.69, 9.17) is 23.7 Å². The predicted molar refractivity (Wildman–Crippen MR) is 157 cm³/mol. The zero-order chi connectivity index (χ0) is 27.1. The van der Waals surface area contributed by atoms with Crippen molar-refractivity contribution in [3.8, 4) is 11.5 Å². The van der Waals surface area contributed by atoms with E-state index in [-0.39, 0.29) is 12.6 Å². The molecule has 0 spiro atoms. The molecule has 0 bridgehead atoms. The fourth-order valence-electron chi connectivity index (χ4n) is 4.72. The number of methoxy groups -OCH3 is 2. The maximum absolute atomic E-state index is 6.01. The van der Waals surface area contributed by atoms with Crippen LogP contribution in [0.4, 0.5) is 0 Å². The summed E-state index contributed by atoms with van der Waals surface area (Å²) in [5.41, 5.74) is 5.02. The molecular formula is C34H42O5. The number of allylic oxidation sites excluding steroid dienone is 1. The Labute approximate surface area is 233 Å². The Balaban J connectivity index is 1.31. The second-order valence-electron chi connectivity index (χ2n) is 9.91. The summed E-state index contributed by atoms with van der Waals surface area (Å²) in [6.45, 7) is 1.48. The van der Waals surface area contributed by atoms with Crippen LogP contribution in [0, 0.1) is 0 Å². The van der Waals surface area contributed by atoms with Crippen LogP contribution in [-0.2, 0) is 20.6 Å². The van der Waals surface area contributed by atoms with Crippen molar-refractivity contribution in [2.24, 2.45) is 0 Å². The SMILES string of the molecule is COC(CCCCOc1ccc(CCC(=Cc2ccc(OC3CCCCO3)cc2)c2ccccc2)cc1)OC. The standard InChI is InChI=1S/C34H42O5/c1-35-33(36-2)12-6-8-24-37-31-20-15-27(16-21-31)14-19-30(29-10-4-3-5-11-29)26-28-17-22-32(23-18-28)39-34-13-7-9-25-38-34/h3-5,10-11,15-18,20-23,26,33-34H,6-9,12-14,19,24-25H2,1-2H3. The van der Waals surface area contributed by atoms with E-state index in [1.54, 1.807) is 14.2 Å². The molecular weight excluding hydrogens is 488 g/mol. The van der Waals surface area contributed by atoms with Crippen LogP contribution in [0.1, 0.15) is 61.6 Å². The lowest BCUT2D eigenvalue weighted by Gasteiger charge is -2.23. The quantitative estimate of drug-likeness (QED) is 0.113. The molecule has 1 unspecified atom stereocenters. The summed E-state index contributed by atoms with van der Waals surface area (Å²) in [5, 5.41) is 0. The molecule has 208 valence electrons. The highest BCUT2D eigenvalue weighted by Gasteiger charge is 2.15. The minimum Gasteiger partial charge on any atom is -0.494 e. The third-order valence-corrected chi connectivity index (χ3v) is 7.01. The van der Waals surface area contributed by atoms with E-state index in [0.29, 0.717) is 6.61 Å². The van der Waals surface area contributed by atoms with E-state index in [1.165, 1.54) is 16.7 Å². The van der Waals surface area contributed by atoms with Crippen molar-refractivity contribution in [2.75, 3.05) is 27.4 Å². The van der Waals surface area contributed by atoms with Gasteiger partial charge in [0.15, 0.2) is 12.6 Å². The average Bonchev–Trinajstić information content (AvgIpc) is 2.99. The highest BCUT2D eigenvalue weighted by molar-refractivity contribution is 5.81. The first-order valence-corrected chi connectivity index (χ1v) is 14.1. The minimum absolute atomic E-state index is 0.124. The van der Waals surface area contributed by atoms with Crippen LogP contribution in [0.25, 0.3) is 11.6 Å². The van der Waals surface area contributed by atoms with Crippen LogP contribution in [0.15, 0.2) is 78.9 Å². The molecule has 1 aliphatic rings. The molecule has 0 aliphatic carbocycles. The van der Waals surface area contributed by atoms with Crippen molar-refractivity contribution in [2.45, 2.75) is 63.9 Å². The smallest absolute Gasteiger partial charge is 0.199 e. The number of hydrogen-bond donors (Lipinski definition) is 0. The van der Waals surface area contributed by atoms with Crippen molar-refractivity contribution in [3.05, 3.63) is 95.6 Å². The second kappa shape index (κ2) is 16.1. The molecule has 0 N–H and O–H groups in total. The van der Waals surface area contributed by atoms with Crippen LogP contribution in [0.3, 0.4) is 0 Å². The molecule has 1 fully saturated rings. The summed E-state index contributed by atoms with van der Waals surface area (Å²) in [6, 6.07) is 27.4. The van der Waals surface area contributed by atoms with Crippen molar-refractivity contribution < 1.29 is 23.7 Å². The van der Waals surface area contributed by atoms with Gasteiger partial charge in [0.2, 0.25) is 0 Å². The summed E-state index contributed by atoms with van der Waals surface area (Å²) in [7, 11) is 3.35. The Bertz CT molecular complexity index is 1100. The molecule has 4 rings (SSSR count). The number of unbranched alkanes of at least 4 members (excludes halogenated alkanes) is 1. The number of rotatable bonds is 15. The molecule has 0 amide bonds. The van der Waals surface area contributed by atoms with Gasteiger partial charge >= 0.3 is 0 Å². The van der Waals surface area contributed by atoms with E-state index < -0.39 is 0 Å². The third-order valence-electron chi connectivity index (χ3n) is 7.01. The normalized spacial score (nSPS) is 15.9. The van der Waals surface area contributed by atoms with Gasteiger partial charge in [0.1, 0.15) is 11.5 Å². The predicted octanol–water partition coefficient (Wildman–Crippen LogP) is 7.93. The fourth-order valence-corrected chi connectivity index (χ4v) is 4.72. The molecule has 3 aromatic carbocycles.